The zero-order valence-electron chi connectivity index (χ0n) is 24.2. The van der Waals surface area contributed by atoms with Crippen LogP contribution in [0, 0.1) is 17.3 Å². The number of carbonyl (C=O) groups is 2. The third kappa shape index (κ3) is 7.72. The fraction of sp³-hybridized carbons (Fsp3) is 0.893. The van der Waals surface area contributed by atoms with E-state index in [4.69, 9.17) is 23.1 Å². The van der Waals surface area contributed by atoms with Crippen LogP contribution in [0.2, 0.25) is 0 Å². The van der Waals surface area contributed by atoms with E-state index in [-0.39, 0.29) is 40.6 Å². The van der Waals surface area contributed by atoms with E-state index in [1.807, 2.05) is 4.90 Å². The maximum Gasteiger partial charge on any atom is 0.228 e. The van der Waals surface area contributed by atoms with Crippen LogP contribution in [-0.2, 0) is 9.59 Å². The van der Waals surface area contributed by atoms with Crippen molar-refractivity contribution in [3.05, 3.63) is 0 Å². The topological polar surface area (TPSA) is 141 Å². The third-order valence-corrected chi connectivity index (χ3v) is 10.1. The zero-order valence-corrected chi connectivity index (χ0v) is 24.9. The number of hydrogen-bond acceptors (Lipinski definition) is 8. The fourth-order valence-corrected chi connectivity index (χ4v) is 7.37. The number of piperazine rings is 1. The number of halogens is 2. The minimum atomic E-state index is -1.14. The van der Waals surface area contributed by atoms with Gasteiger partial charge in [0.1, 0.15) is 6.17 Å². The minimum Gasteiger partial charge on any atom is -0.350 e. The Bertz CT molecular complexity index is 882. The molecule has 7 unspecified atom stereocenters. The highest BCUT2D eigenvalue weighted by Gasteiger charge is 2.43. The summed E-state index contributed by atoms with van der Waals surface area (Å²) in [6, 6.07) is -0.847. The van der Waals surface area contributed by atoms with Crippen molar-refractivity contribution in [1.29, 1.82) is 0 Å². The summed E-state index contributed by atoms with van der Waals surface area (Å²) in [7, 11) is 0. The molecule has 3 saturated heterocycles. The monoisotopic (exact) mass is 584 g/mol. The van der Waals surface area contributed by atoms with Gasteiger partial charge in [-0.3, -0.25) is 19.5 Å². The first-order valence-electron chi connectivity index (χ1n) is 15.2. The van der Waals surface area contributed by atoms with Crippen LogP contribution in [0.25, 0.3) is 0 Å². The average molecular weight is 585 g/mol. The molecule has 0 aromatic carbocycles. The molecule has 10 nitrogen and oxygen atoms in total. The van der Waals surface area contributed by atoms with Gasteiger partial charge in [-0.25, -0.2) is 4.39 Å². The molecule has 4 rings (SSSR count). The highest BCUT2D eigenvalue weighted by atomic mass is 35.5. The van der Waals surface area contributed by atoms with Crippen molar-refractivity contribution in [1.82, 2.24) is 25.8 Å². The Morgan fingerprint density at radius 1 is 1.15 bits per heavy atom. The smallest absolute Gasteiger partial charge is 0.228 e. The first kappa shape index (κ1) is 31.6. The molecule has 0 bridgehead atoms. The maximum atomic E-state index is 14.4. The molecule has 40 heavy (non-hydrogen) atoms. The van der Waals surface area contributed by atoms with Gasteiger partial charge in [-0.05, 0) is 50.6 Å². The van der Waals surface area contributed by atoms with Crippen molar-refractivity contribution in [2.75, 3.05) is 52.4 Å². The number of nitrogens with one attached hydrogen (secondary N) is 3. The largest absolute Gasteiger partial charge is 0.350 e. The second-order valence-corrected chi connectivity index (χ2v) is 13.1. The van der Waals surface area contributed by atoms with Crippen molar-refractivity contribution in [3.63, 3.8) is 0 Å². The number of likely N-dealkylation sites (tertiary alicyclic amines) is 1. The number of piperidine rings is 2. The molecule has 0 aromatic rings. The molecule has 4 aliphatic heterocycles. The van der Waals surface area contributed by atoms with E-state index in [2.05, 4.69) is 39.7 Å². The van der Waals surface area contributed by atoms with Crippen molar-refractivity contribution in [2.45, 2.75) is 88.2 Å². The Morgan fingerprint density at radius 3 is 2.50 bits per heavy atom. The van der Waals surface area contributed by atoms with E-state index in [9.17, 15) is 14.0 Å². The van der Waals surface area contributed by atoms with Crippen molar-refractivity contribution in [2.24, 2.45) is 33.7 Å². The van der Waals surface area contributed by atoms with Gasteiger partial charge in [0.2, 0.25) is 11.8 Å². The Labute approximate surface area is 243 Å². The Balaban J connectivity index is 1.43. The zero-order chi connectivity index (χ0) is 28.9. The number of aliphatic imine (C=N–C) groups is 1. The molecule has 0 saturated carbocycles. The molecule has 228 valence electrons. The molecular formula is C28H50ClFN8O2. The number of nitrogens with two attached hydrogens (primary N) is 2. The van der Waals surface area contributed by atoms with Crippen LogP contribution in [0.1, 0.15) is 52.4 Å². The standard InChI is InChI=1S/C28H50ClFN8O2/c1-3-28(2)7-4-19(30)15-35-21(14-28)23(25(31)32)26(39)36-22-17-34-16-20(29)24(22)37-10-5-18(6-11-37)27(40)38-12-8-33-9-13-38/h15,18-25,33-34H,3-14,16-17,31-32H2,1-2H3,(H,36,39)/b35-15-. The highest BCUT2D eigenvalue weighted by Crippen LogP contribution is 2.38. The first-order chi connectivity index (χ1) is 19.1. The molecule has 0 radical (unpaired) electrons. The number of hydrogen-bond donors (Lipinski definition) is 5. The van der Waals surface area contributed by atoms with Gasteiger partial charge in [-0.1, -0.05) is 20.3 Å². The summed E-state index contributed by atoms with van der Waals surface area (Å²) in [5, 5.41) is 9.65. The molecule has 2 amide bonds. The Morgan fingerprint density at radius 2 is 1.85 bits per heavy atom. The predicted octanol–water partition coefficient (Wildman–Crippen LogP) is 0.432. The molecule has 12 heteroatoms. The SMILES string of the molecule is CCC1(C)CCC(F)/C=N\C(C(C(=O)NC2CNCC(Cl)C2N2CCC(C(=O)N3CCNCC3)CC2)C(N)N)C1. The number of carbonyl (C=O) groups excluding carboxylic acids is 2. The molecule has 0 spiro atoms. The molecule has 0 aliphatic carbocycles. The van der Waals surface area contributed by atoms with Crippen LogP contribution in [0.4, 0.5) is 4.39 Å². The fourth-order valence-electron chi connectivity index (χ4n) is 6.93. The lowest BCUT2D eigenvalue weighted by atomic mass is 9.73. The van der Waals surface area contributed by atoms with Gasteiger partial charge in [0.05, 0.1) is 29.5 Å². The highest BCUT2D eigenvalue weighted by molar-refractivity contribution is 6.21. The maximum absolute atomic E-state index is 14.4. The van der Waals surface area contributed by atoms with Crippen LogP contribution in [0.3, 0.4) is 0 Å². The van der Waals surface area contributed by atoms with Crippen molar-refractivity contribution >= 4 is 29.6 Å². The van der Waals surface area contributed by atoms with Crippen LogP contribution >= 0.6 is 11.6 Å². The Hall–Kier alpha value is -1.37. The number of amides is 2. The third-order valence-electron chi connectivity index (χ3n) is 9.69. The van der Waals surface area contributed by atoms with Gasteiger partial charge in [0.25, 0.3) is 0 Å². The normalized spacial score (nSPS) is 36.5. The second-order valence-electron chi connectivity index (χ2n) is 12.6. The van der Waals surface area contributed by atoms with E-state index in [1.165, 1.54) is 6.21 Å². The molecule has 4 heterocycles. The first-order valence-corrected chi connectivity index (χ1v) is 15.6. The quantitative estimate of drug-likeness (QED) is 0.216. The molecule has 7 atom stereocenters. The van der Waals surface area contributed by atoms with Gasteiger partial charge in [-0.2, -0.15) is 0 Å². The van der Waals surface area contributed by atoms with E-state index in [1.54, 1.807) is 0 Å². The number of nitrogens with zero attached hydrogens (tertiary/aromatic N) is 3. The summed E-state index contributed by atoms with van der Waals surface area (Å²) in [5.74, 6) is -0.765. The molecule has 0 aromatic heterocycles. The van der Waals surface area contributed by atoms with E-state index >= 15 is 0 Å². The summed E-state index contributed by atoms with van der Waals surface area (Å²) < 4.78 is 14.4. The van der Waals surface area contributed by atoms with Crippen LogP contribution in [0.15, 0.2) is 4.99 Å². The molecule has 7 N–H and O–H groups in total. The van der Waals surface area contributed by atoms with E-state index in [0.29, 0.717) is 25.9 Å². The lowest BCUT2D eigenvalue weighted by Gasteiger charge is -2.46. The summed E-state index contributed by atoms with van der Waals surface area (Å²) in [6.45, 7) is 10.2. The van der Waals surface area contributed by atoms with Crippen LogP contribution in [0.5, 0.6) is 0 Å². The average Bonchev–Trinajstić information content (AvgIpc) is 2.94. The van der Waals surface area contributed by atoms with Gasteiger partial charge < -0.3 is 32.3 Å². The van der Waals surface area contributed by atoms with Crippen LogP contribution in [-0.4, -0.2) is 116 Å². The predicted molar refractivity (Wildman–Crippen MR) is 157 cm³/mol. The summed E-state index contributed by atoms with van der Waals surface area (Å²) in [6.07, 6.45) is 3.44. The molecular weight excluding hydrogens is 535 g/mol. The summed E-state index contributed by atoms with van der Waals surface area (Å²) >= 11 is 6.87. The second kappa shape index (κ2) is 14.2. The van der Waals surface area contributed by atoms with Crippen molar-refractivity contribution < 1.29 is 14.0 Å². The van der Waals surface area contributed by atoms with Crippen molar-refractivity contribution in [3.8, 4) is 0 Å². The molecule has 4 aliphatic rings. The van der Waals surface area contributed by atoms with E-state index in [0.717, 1.165) is 65.0 Å². The summed E-state index contributed by atoms with van der Waals surface area (Å²) in [5.41, 5.74) is 12.2. The number of rotatable bonds is 7. The van der Waals surface area contributed by atoms with Gasteiger partial charge >= 0.3 is 0 Å². The lowest BCUT2D eigenvalue weighted by molar-refractivity contribution is -0.138. The van der Waals surface area contributed by atoms with Gasteiger partial charge in [-0.15, -0.1) is 11.6 Å². The van der Waals surface area contributed by atoms with Crippen LogP contribution < -0.4 is 27.4 Å². The summed E-state index contributed by atoms with van der Waals surface area (Å²) in [4.78, 5) is 35.7. The lowest BCUT2D eigenvalue weighted by Crippen LogP contribution is -2.67. The van der Waals surface area contributed by atoms with Gasteiger partial charge in [0.15, 0.2) is 0 Å². The number of alkyl halides is 2. The van der Waals surface area contributed by atoms with Gasteiger partial charge in [0, 0.05) is 57.4 Å². The minimum absolute atomic E-state index is 0.0295. The molecule has 3 fully saturated rings. The Kier molecular flexibility index (Phi) is 11.2. The van der Waals surface area contributed by atoms with E-state index < -0.39 is 24.3 Å².